The molecule has 102 valence electrons. The summed E-state index contributed by atoms with van der Waals surface area (Å²) < 4.78 is 14.1. The molecule has 0 atom stereocenters. The molecule has 1 fully saturated rings. The van der Waals surface area contributed by atoms with Crippen LogP contribution in [0.3, 0.4) is 0 Å². The van der Waals surface area contributed by atoms with Gasteiger partial charge in [0.15, 0.2) is 0 Å². The minimum atomic E-state index is -0.369. The van der Waals surface area contributed by atoms with Crippen LogP contribution in [0.5, 0.6) is 0 Å². The van der Waals surface area contributed by atoms with E-state index in [1.165, 1.54) is 24.5 Å². The van der Waals surface area contributed by atoms with Crippen LogP contribution in [0.25, 0.3) is 0 Å². The van der Waals surface area contributed by atoms with Crippen LogP contribution >= 0.6 is 11.3 Å². The number of benzene rings is 1. The molecule has 0 bridgehead atoms. The highest BCUT2D eigenvalue weighted by Crippen LogP contribution is 2.30. The van der Waals surface area contributed by atoms with E-state index in [0.717, 1.165) is 6.54 Å². The number of nitriles is 1. The standard InChI is InChI=1S/C16H15FN2S/c17-16-13(8-18)2-1-3-14(16)10-19(15-4-5-15)9-12-6-7-20-11-12/h1-3,6-7,11,15H,4-5,9-10H2. The molecule has 2 nitrogen and oxygen atoms in total. The van der Waals surface area contributed by atoms with Crippen LogP contribution in [0.15, 0.2) is 35.0 Å². The Kier molecular flexibility index (Phi) is 3.81. The summed E-state index contributed by atoms with van der Waals surface area (Å²) in [6.07, 6.45) is 2.37. The Bertz CT molecular complexity index is 626. The Balaban J connectivity index is 1.78. The van der Waals surface area contributed by atoms with Gasteiger partial charge in [0.1, 0.15) is 11.9 Å². The predicted octanol–water partition coefficient (Wildman–Crippen LogP) is 3.92. The third-order valence-corrected chi connectivity index (χ3v) is 4.33. The van der Waals surface area contributed by atoms with E-state index < -0.39 is 0 Å². The molecule has 0 aliphatic heterocycles. The van der Waals surface area contributed by atoms with E-state index in [2.05, 4.69) is 21.7 Å². The summed E-state index contributed by atoms with van der Waals surface area (Å²) in [7, 11) is 0. The van der Waals surface area contributed by atoms with Crippen molar-refractivity contribution in [3.63, 3.8) is 0 Å². The smallest absolute Gasteiger partial charge is 0.145 e. The fourth-order valence-corrected chi connectivity index (χ4v) is 3.04. The van der Waals surface area contributed by atoms with Crippen LogP contribution < -0.4 is 0 Å². The predicted molar refractivity (Wildman–Crippen MR) is 77.7 cm³/mol. The summed E-state index contributed by atoms with van der Waals surface area (Å²) in [6, 6.07) is 9.64. The second-order valence-corrected chi connectivity index (χ2v) is 5.94. The van der Waals surface area contributed by atoms with Crippen molar-refractivity contribution in [2.45, 2.75) is 32.0 Å². The van der Waals surface area contributed by atoms with Gasteiger partial charge >= 0.3 is 0 Å². The number of halogens is 1. The Morgan fingerprint density at radius 2 is 2.15 bits per heavy atom. The van der Waals surface area contributed by atoms with Crippen molar-refractivity contribution >= 4 is 11.3 Å². The van der Waals surface area contributed by atoms with Crippen molar-refractivity contribution in [3.05, 3.63) is 57.5 Å². The van der Waals surface area contributed by atoms with Crippen LogP contribution in [-0.2, 0) is 13.1 Å². The number of hydrogen-bond donors (Lipinski definition) is 0. The van der Waals surface area contributed by atoms with Gasteiger partial charge in [-0.2, -0.15) is 16.6 Å². The van der Waals surface area contributed by atoms with Gasteiger partial charge in [-0.3, -0.25) is 4.90 Å². The molecule has 0 N–H and O–H groups in total. The maximum Gasteiger partial charge on any atom is 0.145 e. The van der Waals surface area contributed by atoms with Gasteiger partial charge in [0.2, 0.25) is 0 Å². The van der Waals surface area contributed by atoms with Crippen LogP contribution in [0.4, 0.5) is 4.39 Å². The second-order valence-electron chi connectivity index (χ2n) is 5.16. The number of nitrogens with zero attached hydrogens (tertiary/aromatic N) is 2. The lowest BCUT2D eigenvalue weighted by molar-refractivity contribution is 0.242. The van der Waals surface area contributed by atoms with E-state index in [1.54, 1.807) is 23.5 Å². The molecular formula is C16H15FN2S. The van der Waals surface area contributed by atoms with Gasteiger partial charge in [0.25, 0.3) is 0 Å². The van der Waals surface area contributed by atoms with Gasteiger partial charge in [0.05, 0.1) is 5.56 Å². The van der Waals surface area contributed by atoms with Crippen molar-refractivity contribution in [1.82, 2.24) is 4.90 Å². The highest BCUT2D eigenvalue weighted by molar-refractivity contribution is 7.07. The van der Waals surface area contributed by atoms with Gasteiger partial charge in [0, 0.05) is 24.7 Å². The van der Waals surface area contributed by atoms with E-state index in [-0.39, 0.29) is 11.4 Å². The summed E-state index contributed by atoms with van der Waals surface area (Å²) >= 11 is 1.69. The zero-order valence-corrected chi connectivity index (χ0v) is 11.9. The van der Waals surface area contributed by atoms with Crippen LogP contribution in [0.1, 0.15) is 29.5 Å². The lowest BCUT2D eigenvalue weighted by atomic mass is 10.1. The van der Waals surface area contributed by atoms with E-state index in [1.807, 2.05) is 6.07 Å². The average molecular weight is 286 g/mol. The molecule has 2 aromatic rings. The maximum absolute atomic E-state index is 14.1. The third-order valence-electron chi connectivity index (χ3n) is 3.60. The Labute approximate surface area is 122 Å². The molecular weight excluding hydrogens is 271 g/mol. The van der Waals surface area contributed by atoms with Crippen molar-refractivity contribution in [3.8, 4) is 6.07 Å². The summed E-state index contributed by atoms with van der Waals surface area (Å²) in [5.41, 5.74) is 2.03. The normalized spacial score (nSPS) is 14.4. The first-order valence-corrected chi connectivity index (χ1v) is 7.65. The lowest BCUT2D eigenvalue weighted by Crippen LogP contribution is -2.25. The third kappa shape index (κ3) is 2.90. The van der Waals surface area contributed by atoms with Crippen molar-refractivity contribution in [2.75, 3.05) is 0 Å². The molecule has 1 aromatic heterocycles. The molecule has 4 heteroatoms. The number of thiophene rings is 1. The van der Waals surface area contributed by atoms with Gasteiger partial charge in [-0.15, -0.1) is 0 Å². The quantitative estimate of drug-likeness (QED) is 0.833. The molecule has 0 spiro atoms. The summed E-state index contributed by atoms with van der Waals surface area (Å²) in [5.74, 6) is -0.369. The van der Waals surface area contributed by atoms with Gasteiger partial charge in [-0.25, -0.2) is 4.39 Å². The molecule has 3 rings (SSSR count). The molecule has 0 radical (unpaired) electrons. The minimum Gasteiger partial charge on any atom is -0.292 e. The molecule has 0 amide bonds. The lowest BCUT2D eigenvalue weighted by Gasteiger charge is -2.22. The monoisotopic (exact) mass is 286 g/mol. The van der Waals surface area contributed by atoms with Crippen molar-refractivity contribution < 1.29 is 4.39 Å². The van der Waals surface area contributed by atoms with Gasteiger partial charge < -0.3 is 0 Å². The van der Waals surface area contributed by atoms with E-state index >= 15 is 0 Å². The van der Waals surface area contributed by atoms with Crippen LogP contribution in [0, 0.1) is 17.1 Å². The second kappa shape index (κ2) is 5.74. The molecule has 1 aliphatic rings. The van der Waals surface area contributed by atoms with Crippen molar-refractivity contribution in [1.29, 1.82) is 5.26 Å². The van der Waals surface area contributed by atoms with Gasteiger partial charge in [-0.1, -0.05) is 12.1 Å². The zero-order chi connectivity index (χ0) is 13.9. The van der Waals surface area contributed by atoms with Crippen molar-refractivity contribution in [2.24, 2.45) is 0 Å². The Morgan fingerprint density at radius 1 is 1.30 bits per heavy atom. The fraction of sp³-hybridized carbons (Fsp3) is 0.312. The fourth-order valence-electron chi connectivity index (χ4n) is 2.38. The number of hydrogen-bond acceptors (Lipinski definition) is 3. The Hall–Kier alpha value is -1.70. The number of rotatable bonds is 5. The van der Waals surface area contributed by atoms with E-state index in [0.29, 0.717) is 18.2 Å². The summed E-state index contributed by atoms with van der Waals surface area (Å²) in [4.78, 5) is 2.31. The molecule has 1 aliphatic carbocycles. The molecule has 0 unspecified atom stereocenters. The first-order valence-electron chi connectivity index (χ1n) is 6.70. The SMILES string of the molecule is N#Cc1cccc(CN(Cc2ccsc2)C2CC2)c1F. The first kappa shape index (κ1) is 13.3. The highest BCUT2D eigenvalue weighted by atomic mass is 32.1. The molecule has 1 aromatic carbocycles. The molecule has 0 saturated heterocycles. The summed E-state index contributed by atoms with van der Waals surface area (Å²) in [5, 5.41) is 13.1. The topological polar surface area (TPSA) is 27.0 Å². The first-order chi connectivity index (χ1) is 9.78. The van der Waals surface area contributed by atoms with Crippen LogP contribution in [0.2, 0.25) is 0 Å². The van der Waals surface area contributed by atoms with Crippen LogP contribution in [-0.4, -0.2) is 10.9 Å². The molecule has 1 saturated carbocycles. The zero-order valence-electron chi connectivity index (χ0n) is 11.1. The molecule has 1 heterocycles. The van der Waals surface area contributed by atoms with Gasteiger partial charge in [-0.05, 0) is 41.3 Å². The minimum absolute atomic E-state index is 0.133. The summed E-state index contributed by atoms with van der Waals surface area (Å²) in [6.45, 7) is 1.42. The van der Waals surface area contributed by atoms with E-state index in [4.69, 9.17) is 5.26 Å². The van der Waals surface area contributed by atoms with E-state index in [9.17, 15) is 4.39 Å². The highest BCUT2D eigenvalue weighted by Gasteiger charge is 2.29. The Morgan fingerprint density at radius 3 is 2.80 bits per heavy atom. The average Bonchev–Trinajstić information content (AvgIpc) is 3.18. The largest absolute Gasteiger partial charge is 0.292 e. The molecule has 20 heavy (non-hydrogen) atoms. The maximum atomic E-state index is 14.1.